The second-order valence-electron chi connectivity index (χ2n) is 9.26. The second-order valence-corrected chi connectivity index (χ2v) is 9.26. The lowest BCUT2D eigenvalue weighted by atomic mass is 9.82. The molecule has 0 fully saturated rings. The van der Waals surface area contributed by atoms with Gasteiger partial charge in [0.15, 0.2) is 0 Å². The van der Waals surface area contributed by atoms with Crippen LogP contribution in [0.2, 0.25) is 0 Å². The average Bonchev–Trinajstić information content (AvgIpc) is 3.30. The molecule has 3 heterocycles. The van der Waals surface area contributed by atoms with Gasteiger partial charge in [-0.1, -0.05) is 45.0 Å². The summed E-state index contributed by atoms with van der Waals surface area (Å²) in [6, 6.07) is 17.1. The molecule has 6 aromatic rings. The molecule has 0 radical (unpaired) electrons. The van der Waals surface area contributed by atoms with Crippen LogP contribution in [0.15, 0.2) is 70.0 Å². The molecule has 4 heteroatoms. The van der Waals surface area contributed by atoms with E-state index in [0.717, 1.165) is 44.1 Å². The lowest BCUT2D eigenvalue weighted by Crippen LogP contribution is -2.12. The molecule has 0 bridgehead atoms. The predicted molar refractivity (Wildman–Crippen MR) is 125 cm³/mol. The molecule has 4 nitrogen and oxygen atoms in total. The van der Waals surface area contributed by atoms with Crippen LogP contribution in [0.3, 0.4) is 0 Å². The predicted octanol–water partition coefficient (Wildman–Crippen LogP) is 7.55. The number of nitrogens with zero attached hydrogens (tertiary/aromatic N) is 2. The minimum absolute atomic E-state index is 0.00190. The SMILES string of the molecule is Cc1coc2cc3c(cc12)oc1ncnc(-c2cc(C(C)(C)C)c4ccccc4c2)c13. The molecule has 3 aromatic carbocycles. The number of hydrogen-bond acceptors (Lipinski definition) is 4. The minimum Gasteiger partial charge on any atom is -0.464 e. The smallest absolute Gasteiger partial charge is 0.230 e. The fraction of sp³-hybridized carbons (Fsp3) is 0.185. The molecule has 0 saturated heterocycles. The number of fused-ring (bicyclic) bond motifs is 5. The standard InChI is InChI=1S/C27H22N2O2/c1-15-13-30-22-12-20-23(11-19(15)22)31-26-24(20)25(28-14-29-26)17-9-16-7-5-6-8-18(16)21(10-17)27(2,3)4/h5-14H,1-4H3. The highest BCUT2D eigenvalue weighted by Crippen LogP contribution is 2.40. The van der Waals surface area contributed by atoms with Crippen molar-refractivity contribution < 1.29 is 8.83 Å². The van der Waals surface area contributed by atoms with Crippen molar-refractivity contribution in [3.05, 3.63) is 72.2 Å². The molecular weight excluding hydrogens is 384 g/mol. The Bertz CT molecular complexity index is 1630. The highest BCUT2D eigenvalue weighted by Gasteiger charge is 2.21. The maximum absolute atomic E-state index is 6.14. The van der Waals surface area contributed by atoms with Gasteiger partial charge < -0.3 is 8.83 Å². The summed E-state index contributed by atoms with van der Waals surface area (Å²) in [6.07, 6.45) is 3.36. The normalized spacial score (nSPS) is 12.5. The first-order chi connectivity index (χ1) is 14.9. The van der Waals surface area contributed by atoms with E-state index in [0.29, 0.717) is 5.71 Å². The first kappa shape index (κ1) is 18.1. The highest BCUT2D eigenvalue weighted by molar-refractivity contribution is 6.13. The molecule has 0 unspecified atom stereocenters. The fourth-order valence-electron chi connectivity index (χ4n) is 4.54. The summed E-state index contributed by atoms with van der Waals surface area (Å²) in [5, 5.41) is 5.42. The molecule has 0 saturated carbocycles. The zero-order valence-corrected chi connectivity index (χ0v) is 18.0. The van der Waals surface area contributed by atoms with E-state index in [2.05, 4.69) is 62.2 Å². The first-order valence-electron chi connectivity index (χ1n) is 10.5. The molecule has 0 aliphatic carbocycles. The summed E-state index contributed by atoms with van der Waals surface area (Å²) in [4.78, 5) is 9.14. The van der Waals surface area contributed by atoms with Gasteiger partial charge in [-0.3, -0.25) is 0 Å². The van der Waals surface area contributed by atoms with Crippen LogP contribution < -0.4 is 0 Å². The van der Waals surface area contributed by atoms with Gasteiger partial charge in [0.1, 0.15) is 17.5 Å². The van der Waals surface area contributed by atoms with Gasteiger partial charge in [0.2, 0.25) is 5.71 Å². The van der Waals surface area contributed by atoms with Gasteiger partial charge in [-0.2, -0.15) is 0 Å². The van der Waals surface area contributed by atoms with Crippen LogP contribution in [0.1, 0.15) is 31.9 Å². The third kappa shape index (κ3) is 2.68. The Labute approximate surface area is 179 Å². The molecule has 0 aliphatic rings. The van der Waals surface area contributed by atoms with Crippen LogP contribution in [-0.4, -0.2) is 9.97 Å². The Kier molecular flexibility index (Phi) is 3.61. The Morgan fingerprint density at radius 2 is 1.65 bits per heavy atom. The quantitative estimate of drug-likeness (QED) is 0.283. The molecule has 31 heavy (non-hydrogen) atoms. The molecular formula is C27H22N2O2. The van der Waals surface area contributed by atoms with Crippen molar-refractivity contribution in [1.82, 2.24) is 9.97 Å². The molecule has 0 N–H and O–H groups in total. The number of furan rings is 2. The zero-order valence-electron chi connectivity index (χ0n) is 18.0. The molecule has 6 rings (SSSR count). The molecule has 0 aliphatic heterocycles. The van der Waals surface area contributed by atoms with Crippen LogP contribution in [0.4, 0.5) is 0 Å². The van der Waals surface area contributed by atoms with Crippen LogP contribution in [0.5, 0.6) is 0 Å². The molecule has 0 atom stereocenters. The number of aryl methyl sites for hydroxylation is 1. The summed E-state index contributed by atoms with van der Waals surface area (Å²) in [6.45, 7) is 8.78. The maximum Gasteiger partial charge on any atom is 0.230 e. The monoisotopic (exact) mass is 406 g/mol. The van der Waals surface area contributed by atoms with E-state index in [1.54, 1.807) is 12.6 Å². The third-order valence-electron chi connectivity index (χ3n) is 6.10. The van der Waals surface area contributed by atoms with Crippen molar-refractivity contribution in [3.63, 3.8) is 0 Å². The van der Waals surface area contributed by atoms with Crippen LogP contribution >= 0.6 is 0 Å². The van der Waals surface area contributed by atoms with Gasteiger partial charge in [-0.25, -0.2) is 9.97 Å². The van der Waals surface area contributed by atoms with Crippen LogP contribution in [0.25, 0.3) is 55.1 Å². The van der Waals surface area contributed by atoms with E-state index in [1.165, 1.54) is 16.3 Å². The fourth-order valence-corrected chi connectivity index (χ4v) is 4.54. The first-order valence-corrected chi connectivity index (χ1v) is 10.5. The van der Waals surface area contributed by atoms with Crippen molar-refractivity contribution in [2.45, 2.75) is 33.1 Å². The summed E-state index contributed by atoms with van der Waals surface area (Å²) in [7, 11) is 0. The third-order valence-corrected chi connectivity index (χ3v) is 6.10. The lowest BCUT2D eigenvalue weighted by molar-refractivity contribution is 0.596. The van der Waals surface area contributed by atoms with Gasteiger partial charge in [0, 0.05) is 16.3 Å². The number of benzene rings is 3. The average molecular weight is 406 g/mol. The van der Waals surface area contributed by atoms with Crippen molar-refractivity contribution in [2.24, 2.45) is 0 Å². The zero-order chi connectivity index (χ0) is 21.3. The van der Waals surface area contributed by atoms with Crippen molar-refractivity contribution in [3.8, 4) is 11.3 Å². The lowest BCUT2D eigenvalue weighted by Gasteiger charge is -2.22. The van der Waals surface area contributed by atoms with E-state index in [-0.39, 0.29) is 5.41 Å². The summed E-state index contributed by atoms with van der Waals surface area (Å²) >= 11 is 0. The van der Waals surface area contributed by atoms with Crippen LogP contribution in [-0.2, 0) is 5.41 Å². The summed E-state index contributed by atoms with van der Waals surface area (Å²) < 4.78 is 11.9. The Balaban J connectivity index is 1.72. The molecule has 3 aromatic heterocycles. The van der Waals surface area contributed by atoms with Crippen molar-refractivity contribution in [2.75, 3.05) is 0 Å². The van der Waals surface area contributed by atoms with Gasteiger partial charge in [-0.15, -0.1) is 0 Å². The Morgan fingerprint density at radius 1 is 0.839 bits per heavy atom. The number of hydrogen-bond donors (Lipinski definition) is 0. The van der Waals surface area contributed by atoms with E-state index in [4.69, 9.17) is 13.8 Å². The molecule has 0 amide bonds. The highest BCUT2D eigenvalue weighted by atomic mass is 16.3. The van der Waals surface area contributed by atoms with Gasteiger partial charge in [0.05, 0.1) is 17.3 Å². The molecule has 152 valence electrons. The van der Waals surface area contributed by atoms with Crippen LogP contribution in [0, 0.1) is 6.92 Å². The Morgan fingerprint density at radius 3 is 2.48 bits per heavy atom. The van der Waals surface area contributed by atoms with Crippen molar-refractivity contribution >= 4 is 43.8 Å². The van der Waals surface area contributed by atoms with E-state index >= 15 is 0 Å². The number of rotatable bonds is 1. The largest absolute Gasteiger partial charge is 0.464 e. The summed E-state index contributed by atoms with van der Waals surface area (Å²) in [5.41, 5.74) is 6.56. The number of aromatic nitrogens is 2. The van der Waals surface area contributed by atoms with Gasteiger partial charge in [0.25, 0.3) is 0 Å². The van der Waals surface area contributed by atoms with Gasteiger partial charge in [-0.05, 0) is 58.5 Å². The topological polar surface area (TPSA) is 52.1 Å². The molecule has 0 spiro atoms. The minimum atomic E-state index is -0.00190. The van der Waals surface area contributed by atoms with E-state index in [1.807, 2.05) is 19.1 Å². The van der Waals surface area contributed by atoms with Gasteiger partial charge >= 0.3 is 0 Å². The Hall–Kier alpha value is -3.66. The van der Waals surface area contributed by atoms with E-state index in [9.17, 15) is 0 Å². The summed E-state index contributed by atoms with van der Waals surface area (Å²) in [5.74, 6) is 0. The van der Waals surface area contributed by atoms with Crippen molar-refractivity contribution in [1.29, 1.82) is 0 Å². The second kappa shape index (κ2) is 6.17. The van der Waals surface area contributed by atoms with E-state index < -0.39 is 0 Å². The maximum atomic E-state index is 6.14.